The van der Waals surface area contributed by atoms with Crippen molar-refractivity contribution in [3.05, 3.63) is 59.7 Å². The maximum absolute atomic E-state index is 12.1. The molecule has 2 amide bonds. The van der Waals surface area contributed by atoms with Gasteiger partial charge in [0.15, 0.2) is 0 Å². The summed E-state index contributed by atoms with van der Waals surface area (Å²) in [6.45, 7) is 0.0617. The van der Waals surface area contributed by atoms with E-state index in [1.807, 2.05) is 24.3 Å². The Balaban J connectivity index is 1.43. The molecule has 134 valence electrons. The smallest absolute Gasteiger partial charge is 0.407 e. The van der Waals surface area contributed by atoms with Crippen molar-refractivity contribution in [2.24, 2.45) is 0 Å². The first-order valence-corrected chi connectivity index (χ1v) is 8.70. The summed E-state index contributed by atoms with van der Waals surface area (Å²) in [6, 6.07) is 15.2. The van der Waals surface area contributed by atoms with Crippen molar-refractivity contribution in [2.45, 2.75) is 24.4 Å². The zero-order valence-electron chi connectivity index (χ0n) is 14.1. The molecule has 0 bridgehead atoms. The van der Waals surface area contributed by atoms with E-state index in [-0.39, 0.29) is 31.1 Å². The second kappa shape index (κ2) is 6.80. The molecule has 1 heterocycles. The summed E-state index contributed by atoms with van der Waals surface area (Å²) < 4.78 is 5.43. The van der Waals surface area contributed by atoms with E-state index < -0.39 is 12.1 Å². The van der Waals surface area contributed by atoms with Gasteiger partial charge in [0.2, 0.25) is 5.91 Å². The molecule has 3 N–H and O–H groups in total. The lowest BCUT2D eigenvalue weighted by Crippen LogP contribution is -2.40. The van der Waals surface area contributed by atoms with Crippen LogP contribution in [0.4, 0.5) is 4.79 Å². The van der Waals surface area contributed by atoms with Gasteiger partial charge in [0.1, 0.15) is 12.6 Å². The Labute approximate surface area is 151 Å². The van der Waals surface area contributed by atoms with Crippen LogP contribution < -0.4 is 10.6 Å². The standard InChI is InChI=1S/C20H20N2O4/c23-10-12-9-18(19(24)21-12)22-20(25)26-11-17-15-7-3-1-5-13(15)14-6-2-4-8-16(14)17/h1-8,12,17-18,23H,9-11H2,(H,21,24)(H,22,25)/t12-,18-/m0/s1. The van der Waals surface area contributed by atoms with Gasteiger partial charge < -0.3 is 20.5 Å². The van der Waals surface area contributed by atoms with Crippen LogP contribution in [0, 0.1) is 0 Å². The van der Waals surface area contributed by atoms with Crippen LogP contribution in [-0.4, -0.2) is 42.4 Å². The molecule has 1 aliphatic heterocycles. The number of carbonyl (C=O) groups is 2. The molecule has 4 rings (SSSR count). The van der Waals surface area contributed by atoms with E-state index in [1.165, 1.54) is 0 Å². The Kier molecular flexibility index (Phi) is 4.34. The van der Waals surface area contributed by atoms with Crippen LogP contribution >= 0.6 is 0 Å². The number of alkyl carbamates (subject to hydrolysis) is 1. The predicted molar refractivity (Wildman–Crippen MR) is 95.6 cm³/mol. The lowest BCUT2D eigenvalue weighted by Gasteiger charge is -2.16. The first kappa shape index (κ1) is 16.6. The van der Waals surface area contributed by atoms with E-state index in [4.69, 9.17) is 9.84 Å². The lowest BCUT2D eigenvalue weighted by atomic mass is 9.98. The van der Waals surface area contributed by atoms with E-state index in [2.05, 4.69) is 34.9 Å². The quantitative estimate of drug-likeness (QED) is 0.783. The number of carbonyl (C=O) groups excluding carboxylic acids is 2. The Morgan fingerprint density at radius 1 is 1.12 bits per heavy atom. The van der Waals surface area contributed by atoms with Gasteiger partial charge in [0, 0.05) is 5.92 Å². The highest BCUT2D eigenvalue weighted by molar-refractivity contribution is 5.88. The van der Waals surface area contributed by atoms with Crippen LogP contribution in [0.25, 0.3) is 11.1 Å². The van der Waals surface area contributed by atoms with Gasteiger partial charge in [-0.15, -0.1) is 0 Å². The molecule has 2 aromatic carbocycles. The average Bonchev–Trinajstić information content (AvgIpc) is 3.18. The van der Waals surface area contributed by atoms with E-state index in [1.54, 1.807) is 0 Å². The van der Waals surface area contributed by atoms with E-state index in [9.17, 15) is 9.59 Å². The maximum atomic E-state index is 12.1. The van der Waals surface area contributed by atoms with Gasteiger partial charge in [0.25, 0.3) is 0 Å². The number of benzene rings is 2. The van der Waals surface area contributed by atoms with Crippen LogP contribution in [0.15, 0.2) is 48.5 Å². The number of aliphatic hydroxyl groups excluding tert-OH is 1. The summed E-state index contributed by atoms with van der Waals surface area (Å²) in [4.78, 5) is 23.9. The lowest BCUT2D eigenvalue weighted by molar-refractivity contribution is -0.121. The first-order valence-electron chi connectivity index (χ1n) is 8.70. The molecule has 2 atom stereocenters. The van der Waals surface area contributed by atoms with Gasteiger partial charge in [-0.25, -0.2) is 4.79 Å². The van der Waals surface area contributed by atoms with E-state index in [0.717, 1.165) is 22.3 Å². The molecular formula is C20H20N2O4. The largest absolute Gasteiger partial charge is 0.449 e. The molecule has 0 unspecified atom stereocenters. The molecular weight excluding hydrogens is 332 g/mol. The fourth-order valence-corrected chi connectivity index (χ4v) is 3.78. The van der Waals surface area contributed by atoms with Crippen molar-refractivity contribution in [3.8, 4) is 11.1 Å². The van der Waals surface area contributed by atoms with Gasteiger partial charge in [0.05, 0.1) is 12.6 Å². The van der Waals surface area contributed by atoms with Crippen molar-refractivity contribution in [1.82, 2.24) is 10.6 Å². The highest BCUT2D eigenvalue weighted by atomic mass is 16.5. The third-order valence-electron chi connectivity index (χ3n) is 5.04. The van der Waals surface area contributed by atoms with Crippen LogP contribution in [0.3, 0.4) is 0 Å². The predicted octanol–water partition coefficient (Wildman–Crippen LogP) is 1.77. The Hall–Kier alpha value is -2.86. The molecule has 1 saturated heterocycles. The van der Waals surface area contributed by atoms with Crippen molar-refractivity contribution < 1.29 is 19.4 Å². The zero-order valence-corrected chi connectivity index (χ0v) is 14.1. The van der Waals surface area contributed by atoms with Crippen LogP contribution in [0.1, 0.15) is 23.5 Å². The zero-order chi connectivity index (χ0) is 18.1. The van der Waals surface area contributed by atoms with Crippen LogP contribution in [0.2, 0.25) is 0 Å². The van der Waals surface area contributed by atoms with Gasteiger partial charge >= 0.3 is 6.09 Å². The third-order valence-corrected chi connectivity index (χ3v) is 5.04. The van der Waals surface area contributed by atoms with E-state index >= 15 is 0 Å². The van der Waals surface area contributed by atoms with Crippen molar-refractivity contribution in [3.63, 3.8) is 0 Å². The fraction of sp³-hybridized carbons (Fsp3) is 0.300. The van der Waals surface area contributed by atoms with Crippen LogP contribution in [-0.2, 0) is 9.53 Å². The van der Waals surface area contributed by atoms with Gasteiger partial charge in [-0.1, -0.05) is 48.5 Å². The second-order valence-electron chi connectivity index (χ2n) is 6.65. The van der Waals surface area contributed by atoms with Crippen molar-refractivity contribution in [1.29, 1.82) is 0 Å². The van der Waals surface area contributed by atoms with Crippen molar-refractivity contribution >= 4 is 12.0 Å². The highest BCUT2D eigenvalue weighted by Crippen LogP contribution is 2.44. The Bertz CT molecular complexity index is 806. The topological polar surface area (TPSA) is 87.7 Å². The molecule has 2 aromatic rings. The molecule has 2 aliphatic rings. The second-order valence-corrected chi connectivity index (χ2v) is 6.65. The minimum atomic E-state index is -0.664. The molecule has 6 nitrogen and oxygen atoms in total. The molecule has 1 aliphatic carbocycles. The normalized spacial score (nSPS) is 21.0. The number of rotatable bonds is 4. The summed E-state index contributed by atoms with van der Waals surface area (Å²) in [7, 11) is 0. The summed E-state index contributed by atoms with van der Waals surface area (Å²) >= 11 is 0. The molecule has 0 aromatic heterocycles. The Morgan fingerprint density at radius 2 is 1.73 bits per heavy atom. The summed E-state index contributed by atoms with van der Waals surface area (Å²) in [5, 5.41) is 14.3. The minimum Gasteiger partial charge on any atom is -0.449 e. The number of aliphatic hydroxyl groups is 1. The molecule has 26 heavy (non-hydrogen) atoms. The van der Waals surface area contributed by atoms with Crippen molar-refractivity contribution in [2.75, 3.05) is 13.2 Å². The third kappa shape index (κ3) is 2.93. The monoisotopic (exact) mass is 352 g/mol. The number of nitrogens with one attached hydrogen (secondary N) is 2. The van der Waals surface area contributed by atoms with Gasteiger partial charge in [-0.05, 0) is 28.7 Å². The first-order chi connectivity index (χ1) is 12.7. The molecule has 0 saturated carbocycles. The van der Waals surface area contributed by atoms with E-state index in [0.29, 0.717) is 6.42 Å². The summed E-state index contributed by atoms with van der Waals surface area (Å²) in [5.41, 5.74) is 4.61. The Morgan fingerprint density at radius 3 is 2.31 bits per heavy atom. The van der Waals surface area contributed by atoms with Crippen LogP contribution in [0.5, 0.6) is 0 Å². The number of ether oxygens (including phenoxy) is 1. The number of fused-ring (bicyclic) bond motifs is 3. The molecule has 1 fully saturated rings. The minimum absolute atomic E-state index is 0.0178. The molecule has 0 radical (unpaired) electrons. The number of hydrogen-bond acceptors (Lipinski definition) is 4. The molecule has 6 heteroatoms. The van der Waals surface area contributed by atoms with Gasteiger partial charge in [-0.2, -0.15) is 0 Å². The highest BCUT2D eigenvalue weighted by Gasteiger charge is 2.34. The van der Waals surface area contributed by atoms with Gasteiger partial charge in [-0.3, -0.25) is 4.79 Å². The fourth-order valence-electron chi connectivity index (χ4n) is 3.78. The number of hydrogen-bond donors (Lipinski definition) is 3. The number of amides is 2. The SMILES string of the molecule is O=C(N[C@H]1C[C@@H](CO)NC1=O)OCC1c2ccccc2-c2ccccc21. The summed E-state index contributed by atoms with van der Waals surface area (Å²) in [5.74, 6) is -0.312. The summed E-state index contributed by atoms with van der Waals surface area (Å²) in [6.07, 6.45) is -0.259. The maximum Gasteiger partial charge on any atom is 0.407 e. The molecule has 0 spiro atoms. The average molecular weight is 352 g/mol.